The summed E-state index contributed by atoms with van der Waals surface area (Å²) in [6.45, 7) is 5.54. The van der Waals surface area contributed by atoms with E-state index >= 15 is 0 Å². The van der Waals surface area contributed by atoms with E-state index in [1.807, 2.05) is 10.0 Å². The van der Waals surface area contributed by atoms with Crippen molar-refractivity contribution in [3.8, 4) is 0 Å². The van der Waals surface area contributed by atoms with Gasteiger partial charge in [0.1, 0.15) is 11.7 Å². The van der Waals surface area contributed by atoms with Gasteiger partial charge >= 0.3 is 0 Å². The van der Waals surface area contributed by atoms with Gasteiger partial charge in [0.05, 0.1) is 32.1 Å². The lowest BCUT2D eigenvalue weighted by molar-refractivity contribution is 0.372. The fourth-order valence-corrected chi connectivity index (χ4v) is 2.25. The van der Waals surface area contributed by atoms with Crippen LogP contribution in [0.15, 0.2) is 20.4 Å². The highest BCUT2D eigenvalue weighted by Gasteiger charge is 2.35. The van der Waals surface area contributed by atoms with E-state index in [2.05, 4.69) is 27.4 Å². The van der Waals surface area contributed by atoms with Gasteiger partial charge in [0.25, 0.3) is 0 Å². The van der Waals surface area contributed by atoms with E-state index in [9.17, 15) is 0 Å². The van der Waals surface area contributed by atoms with Crippen LogP contribution in [-0.2, 0) is 0 Å². The van der Waals surface area contributed by atoms with Crippen molar-refractivity contribution in [1.29, 1.82) is 0 Å². The third kappa shape index (κ3) is 1.57. The fraction of sp³-hybridized carbons (Fsp3) is 0.778. The number of rotatable bonds is 1. The van der Waals surface area contributed by atoms with Gasteiger partial charge in [-0.15, -0.1) is 12.4 Å². The van der Waals surface area contributed by atoms with Gasteiger partial charge in [-0.2, -0.15) is 0 Å². The third-order valence-corrected chi connectivity index (χ3v) is 2.99. The molecule has 0 aliphatic carbocycles. The molecule has 3 aliphatic heterocycles. The normalized spacial score (nSPS) is 23.3. The average molecular weight is 243 g/mol. The zero-order chi connectivity index (χ0) is 10.3. The van der Waals surface area contributed by atoms with Gasteiger partial charge in [-0.1, -0.05) is 6.92 Å². The molecule has 7 heteroatoms. The van der Waals surface area contributed by atoms with E-state index in [0.717, 1.165) is 44.3 Å². The smallest absolute Gasteiger partial charge is 0.132 e. The first kappa shape index (κ1) is 11.3. The fourth-order valence-electron chi connectivity index (χ4n) is 2.25. The van der Waals surface area contributed by atoms with Crippen LogP contribution in [0, 0.1) is 5.92 Å². The van der Waals surface area contributed by atoms with Crippen LogP contribution < -0.4 is 0 Å². The minimum atomic E-state index is 0. The highest BCUT2D eigenvalue weighted by atomic mass is 35.5. The van der Waals surface area contributed by atoms with Crippen molar-refractivity contribution >= 4 is 24.1 Å². The summed E-state index contributed by atoms with van der Waals surface area (Å²) in [5.41, 5.74) is 0. The Labute approximate surface area is 100 Å². The summed E-state index contributed by atoms with van der Waals surface area (Å²) >= 11 is 0. The molecule has 88 valence electrons. The summed E-state index contributed by atoms with van der Waals surface area (Å²) in [4.78, 5) is 9.02. The third-order valence-electron chi connectivity index (χ3n) is 2.99. The molecule has 16 heavy (non-hydrogen) atoms. The Bertz CT molecular complexity index is 331. The Morgan fingerprint density at radius 2 is 1.56 bits per heavy atom. The summed E-state index contributed by atoms with van der Waals surface area (Å²) in [6, 6.07) is 0. The lowest BCUT2D eigenvalue weighted by Crippen LogP contribution is -2.35. The molecule has 0 saturated heterocycles. The summed E-state index contributed by atoms with van der Waals surface area (Å²) in [7, 11) is 0. The molecule has 0 radical (unpaired) electrons. The van der Waals surface area contributed by atoms with Crippen LogP contribution in [0.4, 0.5) is 0 Å². The Balaban J connectivity index is 0.000000963. The van der Waals surface area contributed by atoms with Crippen molar-refractivity contribution < 1.29 is 0 Å². The van der Waals surface area contributed by atoms with Crippen LogP contribution in [0.3, 0.4) is 0 Å². The van der Waals surface area contributed by atoms with Gasteiger partial charge in [-0.3, -0.25) is 9.98 Å². The maximum atomic E-state index is 4.51. The number of hydrogen-bond acceptors (Lipinski definition) is 6. The minimum Gasteiger partial charge on any atom is -0.268 e. The summed E-state index contributed by atoms with van der Waals surface area (Å²) in [6.07, 6.45) is 1.01. The first-order chi connectivity index (χ1) is 7.40. The van der Waals surface area contributed by atoms with E-state index in [1.54, 1.807) is 0 Å². The van der Waals surface area contributed by atoms with Gasteiger partial charge in [0, 0.05) is 0 Å². The maximum absolute atomic E-state index is 4.51. The van der Waals surface area contributed by atoms with Crippen LogP contribution >= 0.6 is 12.4 Å². The second-order valence-corrected chi connectivity index (χ2v) is 3.87. The van der Waals surface area contributed by atoms with E-state index < -0.39 is 0 Å². The van der Waals surface area contributed by atoms with Crippen LogP contribution in [0.1, 0.15) is 13.3 Å². The molecule has 0 aromatic carbocycles. The molecule has 0 aromatic heterocycles. The molecule has 6 nitrogen and oxygen atoms in total. The molecule has 3 rings (SSSR count). The molecule has 0 aromatic rings. The number of aliphatic imine (C=N–C) groups is 2. The predicted molar refractivity (Wildman–Crippen MR) is 63.9 cm³/mol. The topological polar surface area (TPSA) is 55.9 Å². The molecule has 0 unspecified atom stereocenters. The number of nitrogens with zero attached hydrogens (tertiary/aromatic N) is 6. The SMILES string of the molecule is CCC1C2=NCCN2N=NN2CCN=C12.Cl. The molecular weight excluding hydrogens is 228 g/mol. The summed E-state index contributed by atoms with van der Waals surface area (Å²) < 4.78 is 0. The number of amidine groups is 2. The monoisotopic (exact) mass is 242 g/mol. The summed E-state index contributed by atoms with van der Waals surface area (Å²) in [5.74, 6) is 2.37. The first-order valence-corrected chi connectivity index (χ1v) is 5.45. The van der Waals surface area contributed by atoms with Gasteiger partial charge in [-0.05, 0) is 16.9 Å². The van der Waals surface area contributed by atoms with Crippen LogP contribution in [0.2, 0.25) is 0 Å². The number of halogens is 1. The standard InChI is InChI=1S/C9H14N6.ClH/c1-2-7-8-10-3-5-14(8)12-13-15-6-4-11-9(7)15;/h7H,2-6H2,1H3;1H. The number of hydrogen-bond donors (Lipinski definition) is 0. The molecule has 0 atom stereocenters. The maximum Gasteiger partial charge on any atom is 0.132 e. The van der Waals surface area contributed by atoms with Gasteiger partial charge < -0.3 is 0 Å². The van der Waals surface area contributed by atoms with Gasteiger partial charge in [0.2, 0.25) is 0 Å². The minimum absolute atomic E-state index is 0. The highest BCUT2D eigenvalue weighted by molar-refractivity contribution is 6.06. The van der Waals surface area contributed by atoms with Crippen molar-refractivity contribution in [3.63, 3.8) is 0 Å². The number of fused-ring (bicyclic) bond motifs is 2. The Kier molecular flexibility index (Phi) is 3.09. The molecule has 0 spiro atoms. The Morgan fingerprint density at radius 3 is 2.00 bits per heavy atom. The Morgan fingerprint density at radius 1 is 1.06 bits per heavy atom. The van der Waals surface area contributed by atoms with Crippen LogP contribution in [0.5, 0.6) is 0 Å². The second-order valence-electron chi connectivity index (χ2n) is 3.87. The van der Waals surface area contributed by atoms with Gasteiger partial charge in [0.15, 0.2) is 0 Å². The molecule has 3 aliphatic rings. The van der Waals surface area contributed by atoms with E-state index in [4.69, 9.17) is 0 Å². The highest BCUT2D eigenvalue weighted by Crippen LogP contribution is 2.24. The lowest BCUT2D eigenvalue weighted by Gasteiger charge is -2.19. The van der Waals surface area contributed by atoms with E-state index in [-0.39, 0.29) is 18.3 Å². The van der Waals surface area contributed by atoms with Crippen LogP contribution in [-0.4, -0.2) is 47.9 Å². The van der Waals surface area contributed by atoms with Crippen molar-refractivity contribution in [2.45, 2.75) is 13.3 Å². The molecular formula is C9H15ClN6. The van der Waals surface area contributed by atoms with Gasteiger partial charge in [-0.25, -0.2) is 10.0 Å². The van der Waals surface area contributed by atoms with Crippen LogP contribution in [0.25, 0.3) is 0 Å². The average Bonchev–Trinajstić information content (AvgIpc) is 2.85. The van der Waals surface area contributed by atoms with Crippen molar-refractivity contribution in [1.82, 2.24) is 10.0 Å². The second kappa shape index (κ2) is 4.37. The quantitative estimate of drug-likeness (QED) is 0.693. The van der Waals surface area contributed by atoms with E-state index in [0.29, 0.717) is 0 Å². The van der Waals surface area contributed by atoms with Crippen molar-refractivity contribution in [2.75, 3.05) is 26.2 Å². The molecule has 0 amide bonds. The van der Waals surface area contributed by atoms with E-state index in [1.165, 1.54) is 0 Å². The lowest BCUT2D eigenvalue weighted by atomic mass is 10.0. The predicted octanol–water partition coefficient (Wildman–Crippen LogP) is 1.16. The van der Waals surface area contributed by atoms with Crippen molar-refractivity contribution in [2.24, 2.45) is 26.3 Å². The first-order valence-electron chi connectivity index (χ1n) is 5.45. The molecule has 0 saturated carbocycles. The molecule has 0 N–H and O–H groups in total. The molecule has 0 fully saturated rings. The molecule has 0 bridgehead atoms. The molecule has 3 heterocycles. The zero-order valence-electron chi connectivity index (χ0n) is 9.20. The Hall–Kier alpha value is -1.17. The van der Waals surface area contributed by atoms with Crippen molar-refractivity contribution in [3.05, 3.63) is 0 Å². The summed E-state index contributed by atoms with van der Waals surface area (Å²) in [5, 5.41) is 12.2. The largest absolute Gasteiger partial charge is 0.268 e. The zero-order valence-corrected chi connectivity index (χ0v) is 10.0.